The molecule has 0 fully saturated rings. The van der Waals surface area contributed by atoms with Crippen molar-refractivity contribution in [2.75, 3.05) is 12.4 Å². The number of hydrogen-bond acceptors (Lipinski definition) is 4. The number of carbonyl (C=O) groups is 1. The molecule has 1 amide bonds. The van der Waals surface area contributed by atoms with Gasteiger partial charge in [0, 0.05) is 30.6 Å². The molecule has 0 saturated heterocycles. The molecule has 2 rings (SSSR count). The zero-order valence-corrected chi connectivity index (χ0v) is 11.1. The highest BCUT2D eigenvalue weighted by molar-refractivity contribution is 5.95. The van der Waals surface area contributed by atoms with Crippen molar-refractivity contribution in [3.63, 3.8) is 0 Å². The standard InChI is InChI=1S/C13H15FN4O2/c1-18-7-8(6-16-18)12(15)13(19)17-9-3-4-11(20-2)10(14)5-9/h3-7,12H,15H2,1-2H3,(H,17,19). The molecule has 0 bridgehead atoms. The topological polar surface area (TPSA) is 82.2 Å². The lowest BCUT2D eigenvalue weighted by molar-refractivity contribution is -0.117. The fourth-order valence-electron chi connectivity index (χ4n) is 1.72. The molecule has 1 aromatic carbocycles. The van der Waals surface area contributed by atoms with Gasteiger partial charge in [-0.1, -0.05) is 0 Å². The van der Waals surface area contributed by atoms with E-state index in [0.29, 0.717) is 11.3 Å². The Morgan fingerprint density at radius 2 is 2.30 bits per heavy atom. The summed E-state index contributed by atoms with van der Waals surface area (Å²) >= 11 is 0. The van der Waals surface area contributed by atoms with Crippen LogP contribution in [0.2, 0.25) is 0 Å². The molecule has 0 spiro atoms. The molecular weight excluding hydrogens is 263 g/mol. The second kappa shape index (κ2) is 5.70. The number of aromatic nitrogens is 2. The van der Waals surface area contributed by atoms with E-state index in [0.717, 1.165) is 0 Å². The molecule has 0 radical (unpaired) electrons. The van der Waals surface area contributed by atoms with Crippen molar-refractivity contribution < 1.29 is 13.9 Å². The van der Waals surface area contributed by atoms with Gasteiger partial charge in [-0.3, -0.25) is 9.48 Å². The molecule has 2 aromatic rings. The van der Waals surface area contributed by atoms with Gasteiger partial charge in [-0.25, -0.2) is 4.39 Å². The molecule has 7 heteroatoms. The minimum absolute atomic E-state index is 0.111. The number of carbonyl (C=O) groups excluding carboxylic acids is 1. The van der Waals surface area contributed by atoms with Gasteiger partial charge in [0.25, 0.3) is 0 Å². The van der Waals surface area contributed by atoms with E-state index < -0.39 is 17.8 Å². The third-order valence-electron chi connectivity index (χ3n) is 2.79. The molecule has 1 atom stereocenters. The van der Waals surface area contributed by atoms with Gasteiger partial charge in [0.15, 0.2) is 11.6 Å². The van der Waals surface area contributed by atoms with Gasteiger partial charge in [0.2, 0.25) is 5.91 Å². The largest absolute Gasteiger partial charge is 0.494 e. The SMILES string of the molecule is COc1ccc(NC(=O)C(N)c2cnn(C)c2)cc1F. The van der Waals surface area contributed by atoms with E-state index in [2.05, 4.69) is 10.4 Å². The second-order valence-corrected chi connectivity index (χ2v) is 4.26. The molecular formula is C13H15FN4O2. The summed E-state index contributed by atoms with van der Waals surface area (Å²) in [6.45, 7) is 0. The summed E-state index contributed by atoms with van der Waals surface area (Å²) in [5, 5.41) is 6.49. The molecule has 1 aromatic heterocycles. The van der Waals surface area contributed by atoms with Gasteiger partial charge in [-0.15, -0.1) is 0 Å². The number of amides is 1. The van der Waals surface area contributed by atoms with Crippen molar-refractivity contribution in [3.05, 3.63) is 42.0 Å². The van der Waals surface area contributed by atoms with E-state index in [1.54, 1.807) is 17.9 Å². The zero-order chi connectivity index (χ0) is 14.7. The number of ether oxygens (including phenoxy) is 1. The average Bonchev–Trinajstić information content (AvgIpc) is 2.84. The van der Waals surface area contributed by atoms with Crippen molar-refractivity contribution in [1.82, 2.24) is 9.78 Å². The van der Waals surface area contributed by atoms with Crippen LogP contribution in [0.1, 0.15) is 11.6 Å². The minimum atomic E-state index is -0.867. The van der Waals surface area contributed by atoms with Crippen LogP contribution in [-0.4, -0.2) is 22.8 Å². The van der Waals surface area contributed by atoms with Crippen LogP contribution in [0.25, 0.3) is 0 Å². The second-order valence-electron chi connectivity index (χ2n) is 4.26. The first-order valence-corrected chi connectivity index (χ1v) is 5.90. The summed E-state index contributed by atoms with van der Waals surface area (Å²) in [5.41, 5.74) is 6.71. The van der Waals surface area contributed by atoms with Crippen molar-refractivity contribution in [3.8, 4) is 5.75 Å². The summed E-state index contributed by atoms with van der Waals surface area (Å²) in [5.74, 6) is -0.887. The van der Waals surface area contributed by atoms with Crippen LogP contribution in [0, 0.1) is 5.82 Å². The number of rotatable bonds is 4. The third kappa shape index (κ3) is 2.94. The predicted molar refractivity (Wildman–Crippen MR) is 71.7 cm³/mol. The lowest BCUT2D eigenvalue weighted by Gasteiger charge is -2.11. The number of nitrogens with zero attached hydrogens (tertiary/aromatic N) is 2. The molecule has 6 nitrogen and oxygen atoms in total. The molecule has 106 valence electrons. The van der Waals surface area contributed by atoms with Crippen LogP contribution in [0.5, 0.6) is 5.75 Å². The first-order chi connectivity index (χ1) is 9.51. The van der Waals surface area contributed by atoms with Crippen LogP contribution >= 0.6 is 0 Å². The molecule has 0 aliphatic heterocycles. The fraction of sp³-hybridized carbons (Fsp3) is 0.231. The van der Waals surface area contributed by atoms with Gasteiger partial charge in [-0.05, 0) is 12.1 Å². The minimum Gasteiger partial charge on any atom is -0.494 e. The Morgan fingerprint density at radius 3 is 2.85 bits per heavy atom. The Hall–Kier alpha value is -2.41. The van der Waals surface area contributed by atoms with Crippen LogP contribution in [0.4, 0.5) is 10.1 Å². The summed E-state index contributed by atoms with van der Waals surface area (Å²) in [6, 6.07) is 3.28. The zero-order valence-electron chi connectivity index (χ0n) is 11.1. The van der Waals surface area contributed by atoms with Gasteiger partial charge < -0.3 is 15.8 Å². The van der Waals surface area contributed by atoms with E-state index in [4.69, 9.17) is 10.5 Å². The molecule has 0 aliphatic rings. The summed E-state index contributed by atoms with van der Waals surface area (Å²) in [4.78, 5) is 12.0. The molecule has 1 heterocycles. The van der Waals surface area contributed by atoms with Crippen molar-refractivity contribution in [2.45, 2.75) is 6.04 Å². The van der Waals surface area contributed by atoms with Gasteiger partial charge >= 0.3 is 0 Å². The first kappa shape index (κ1) is 14.0. The van der Waals surface area contributed by atoms with E-state index in [1.807, 2.05) is 0 Å². The maximum absolute atomic E-state index is 13.5. The molecule has 0 saturated carbocycles. The normalized spacial score (nSPS) is 12.0. The number of methoxy groups -OCH3 is 1. The average molecular weight is 278 g/mol. The highest BCUT2D eigenvalue weighted by atomic mass is 19.1. The highest BCUT2D eigenvalue weighted by Gasteiger charge is 2.18. The maximum Gasteiger partial charge on any atom is 0.246 e. The van der Waals surface area contributed by atoms with E-state index >= 15 is 0 Å². The number of halogens is 1. The molecule has 1 unspecified atom stereocenters. The molecule has 20 heavy (non-hydrogen) atoms. The summed E-state index contributed by atoms with van der Waals surface area (Å²) in [6.07, 6.45) is 3.16. The van der Waals surface area contributed by atoms with Gasteiger partial charge in [0.1, 0.15) is 6.04 Å². The van der Waals surface area contributed by atoms with Crippen LogP contribution in [0.3, 0.4) is 0 Å². The van der Waals surface area contributed by atoms with Crippen molar-refractivity contribution in [1.29, 1.82) is 0 Å². The quantitative estimate of drug-likeness (QED) is 0.880. The summed E-state index contributed by atoms with van der Waals surface area (Å²) in [7, 11) is 3.10. The van der Waals surface area contributed by atoms with E-state index in [9.17, 15) is 9.18 Å². The van der Waals surface area contributed by atoms with E-state index in [-0.39, 0.29) is 5.75 Å². The number of anilines is 1. The Bertz CT molecular complexity index is 627. The van der Waals surface area contributed by atoms with Crippen LogP contribution in [-0.2, 0) is 11.8 Å². The van der Waals surface area contributed by atoms with Crippen molar-refractivity contribution >= 4 is 11.6 Å². The maximum atomic E-state index is 13.5. The monoisotopic (exact) mass is 278 g/mol. The Labute approximate surface area is 115 Å². The molecule has 3 N–H and O–H groups in total. The third-order valence-corrected chi connectivity index (χ3v) is 2.79. The van der Waals surface area contributed by atoms with Crippen LogP contribution in [0.15, 0.2) is 30.6 Å². The van der Waals surface area contributed by atoms with Gasteiger partial charge in [0.05, 0.1) is 13.3 Å². The number of hydrogen-bond donors (Lipinski definition) is 2. The predicted octanol–water partition coefficient (Wildman–Crippen LogP) is 1.21. The number of nitrogens with two attached hydrogens (primary N) is 1. The van der Waals surface area contributed by atoms with Gasteiger partial charge in [-0.2, -0.15) is 5.10 Å². The lowest BCUT2D eigenvalue weighted by atomic mass is 10.1. The smallest absolute Gasteiger partial charge is 0.246 e. The van der Waals surface area contributed by atoms with E-state index in [1.165, 1.54) is 31.5 Å². The lowest BCUT2D eigenvalue weighted by Crippen LogP contribution is -2.27. The number of aryl methyl sites for hydroxylation is 1. The van der Waals surface area contributed by atoms with Crippen LogP contribution < -0.4 is 15.8 Å². The first-order valence-electron chi connectivity index (χ1n) is 5.90. The highest BCUT2D eigenvalue weighted by Crippen LogP contribution is 2.21. The Kier molecular flexibility index (Phi) is 3.99. The fourth-order valence-corrected chi connectivity index (χ4v) is 1.72. The van der Waals surface area contributed by atoms with Crippen molar-refractivity contribution in [2.24, 2.45) is 12.8 Å². The number of nitrogens with one attached hydrogen (secondary N) is 1. The Morgan fingerprint density at radius 1 is 1.55 bits per heavy atom. The number of benzene rings is 1. The summed E-state index contributed by atoms with van der Waals surface area (Å²) < 4.78 is 19.9. The molecule has 0 aliphatic carbocycles. The Balaban J connectivity index is 2.09.